The van der Waals surface area contributed by atoms with E-state index in [4.69, 9.17) is 0 Å². The fourth-order valence-electron chi connectivity index (χ4n) is 1.77. The highest BCUT2D eigenvalue weighted by atomic mass is 16.6. The van der Waals surface area contributed by atoms with Crippen LogP contribution in [0.2, 0.25) is 0 Å². The standard InChI is InChI=1S/C13H13NO4/c15-11(8-9-4-2-1-3-5-9)14-10-6-7-12(16)18-13(10)17/h1-5,10H,6-8H2,(H,14,15). The molecule has 94 valence electrons. The van der Waals surface area contributed by atoms with Crippen LogP contribution in [0.1, 0.15) is 18.4 Å². The molecule has 0 spiro atoms. The first-order valence-electron chi connectivity index (χ1n) is 5.73. The number of amides is 1. The number of carbonyl (C=O) groups excluding carboxylic acids is 3. The average molecular weight is 247 g/mol. The molecule has 0 radical (unpaired) electrons. The van der Waals surface area contributed by atoms with Crippen LogP contribution in [0, 0.1) is 0 Å². The molecule has 1 unspecified atom stereocenters. The Morgan fingerprint density at radius 1 is 1.28 bits per heavy atom. The zero-order chi connectivity index (χ0) is 13.0. The summed E-state index contributed by atoms with van der Waals surface area (Å²) < 4.78 is 4.46. The predicted octanol–water partition coefficient (Wildman–Crippen LogP) is 0.577. The molecular weight excluding hydrogens is 234 g/mol. The van der Waals surface area contributed by atoms with Gasteiger partial charge in [-0.3, -0.25) is 9.59 Å². The van der Waals surface area contributed by atoms with E-state index in [1.54, 1.807) is 0 Å². The van der Waals surface area contributed by atoms with Crippen LogP contribution in [-0.2, 0) is 25.5 Å². The van der Waals surface area contributed by atoms with Gasteiger partial charge < -0.3 is 10.1 Å². The molecule has 1 saturated heterocycles. The first kappa shape index (κ1) is 12.3. The highest BCUT2D eigenvalue weighted by Gasteiger charge is 2.29. The molecule has 2 rings (SSSR count). The van der Waals surface area contributed by atoms with Gasteiger partial charge in [-0.2, -0.15) is 0 Å². The van der Waals surface area contributed by atoms with Crippen molar-refractivity contribution in [2.45, 2.75) is 25.3 Å². The first-order valence-corrected chi connectivity index (χ1v) is 5.73. The zero-order valence-corrected chi connectivity index (χ0v) is 9.72. The minimum Gasteiger partial charge on any atom is -0.392 e. The summed E-state index contributed by atoms with van der Waals surface area (Å²) in [6, 6.07) is 8.52. The second kappa shape index (κ2) is 5.44. The molecule has 1 atom stereocenters. The molecule has 0 aliphatic carbocycles. The third-order valence-corrected chi connectivity index (χ3v) is 2.68. The maximum atomic E-state index is 11.7. The molecule has 0 aromatic heterocycles. The number of nitrogens with one attached hydrogen (secondary N) is 1. The van der Waals surface area contributed by atoms with Crippen molar-refractivity contribution < 1.29 is 19.1 Å². The summed E-state index contributed by atoms with van der Waals surface area (Å²) in [7, 11) is 0. The molecule has 0 bridgehead atoms. The van der Waals surface area contributed by atoms with E-state index in [1.165, 1.54) is 0 Å². The van der Waals surface area contributed by atoms with Crippen LogP contribution < -0.4 is 5.32 Å². The van der Waals surface area contributed by atoms with E-state index in [-0.39, 0.29) is 18.7 Å². The van der Waals surface area contributed by atoms with Gasteiger partial charge in [-0.05, 0) is 12.0 Å². The average Bonchev–Trinajstić information content (AvgIpc) is 2.34. The van der Waals surface area contributed by atoms with Crippen molar-refractivity contribution in [1.29, 1.82) is 0 Å². The number of benzene rings is 1. The van der Waals surface area contributed by atoms with E-state index in [0.717, 1.165) is 5.56 Å². The van der Waals surface area contributed by atoms with E-state index in [0.29, 0.717) is 6.42 Å². The fraction of sp³-hybridized carbons (Fsp3) is 0.308. The number of carbonyl (C=O) groups is 3. The predicted molar refractivity (Wildman–Crippen MR) is 62.4 cm³/mol. The Morgan fingerprint density at radius 3 is 2.67 bits per heavy atom. The molecule has 1 heterocycles. The lowest BCUT2D eigenvalue weighted by Gasteiger charge is -2.20. The van der Waals surface area contributed by atoms with Crippen molar-refractivity contribution in [3.05, 3.63) is 35.9 Å². The van der Waals surface area contributed by atoms with Gasteiger partial charge in [0.25, 0.3) is 0 Å². The topological polar surface area (TPSA) is 72.5 Å². The summed E-state index contributed by atoms with van der Waals surface area (Å²) in [6.45, 7) is 0. The van der Waals surface area contributed by atoms with Gasteiger partial charge in [0.15, 0.2) is 0 Å². The Kier molecular flexibility index (Phi) is 3.72. The number of esters is 2. The monoisotopic (exact) mass is 247 g/mol. The second-order valence-corrected chi connectivity index (χ2v) is 4.11. The highest BCUT2D eigenvalue weighted by Crippen LogP contribution is 2.09. The summed E-state index contributed by atoms with van der Waals surface area (Å²) in [4.78, 5) is 33.9. The highest BCUT2D eigenvalue weighted by molar-refractivity contribution is 5.94. The Bertz CT molecular complexity index is 469. The molecule has 1 aromatic rings. The smallest absolute Gasteiger partial charge is 0.336 e. The van der Waals surface area contributed by atoms with E-state index in [9.17, 15) is 14.4 Å². The fourth-order valence-corrected chi connectivity index (χ4v) is 1.77. The third-order valence-electron chi connectivity index (χ3n) is 2.68. The largest absolute Gasteiger partial charge is 0.392 e. The van der Waals surface area contributed by atoms with Gasteiger partial charge in [-0.25, -0.2) is 4.79 Å². The van der Waals surface area contributed by atoms with Crippen LogP contribution in [0.3, 0.4) is 0 Å². The van der Waals surface area contributed by atoms with Gasteiger partial charge in [0.2, 0.25) is 5.91 Å². The van der Waals surface area contributed by atoms with Gasteiger partial charge in [0.1, 0.15) is 6.04 Å². The molecule has 5 heteroatoms. The summed E-state index contributed by atoms with van der Waals surface area (Å²) >= 11 is 0. The van der Waals surface area contributed by atoms with E-state index in [2.05, 4.69) is 10.1 Å². The lowest BCUT2D eigenvalue weighted by Crippen LogP contribution is -2.46. The Balaban J connectivity index is 1.88. The van der Waals surface area contributed by atoms with E-state index >= 15 is 0 Å². The van der Waals surface area contributed by atoms with Crippen molar-refractivity contribution in [1.82, 2.24) is 5.32 Å². The molecule has 1 N–H and O–H groups in total. The Hall–Kier alpha value is -2.17. The van der Waals surface area contributed by atoms with Crippen LogP contribution in [0.4, 0.5) is 0 Å². The number of rotatable bonds is 3. The zero-order valence-electron chi connectivity index (χ0n) is 9.72. The van der Waals surface area contributed by atoms with Gasteiger partial charge in [-0.1, -0.05) is 30.3 Å². The van der Waals surface area contributed by atoms with Crippen LogP contribution in [-0.4, -0.2) is 23.9 Å². The van der Waals surface area contributed by atoms with Crippen LogP contribution in [0.5, 0.6) is 0 Å². The van der Waals surface area contributed by atoms with Gasteiger partial charge in [0, 0.05) is 6.42 Å². The number of hydrogen-bond donors (Lipinski definition) is 1. The molecule has 1 fully saturated rings. The van der Waals surface area contributed by atoms with Crippen molar-refractivity contribution in [2.75, 3.05) is 0 Å². The minimum absolute atomic E-state index is 0.155. The molecule has 1 aromatic carbocycles. The summed E-state index contributed by atoms with van der Waals surface area (Å²) in [5, 5.41) is 2.57. The molecule has 0 saturated carbocycles. The first-order chi connectivity index (χ1) is 8.65. The van der Waals surface area contributed by atoms with Crippen molar-refractivity contribution in [3.8, 4) is 0 Å². The van der Waals surface area contributed by atoms with Crippen molar-refractivity contribution in [2.24, 2.45) is 0 Å². The van der Waals surface area contributed by atoms with Crippen molar-refractivity contribution in [3.63, 3.8) is 0 Å². The third kappa shape index (κ3) is 3.16. The number of hydrogen-bond acceptors (Lipinski definition) is 4. The Morgan fingerprint density at radius 2 is 2.00 bits per heavy atom. The van der Waals surface area contributed by atoms with Gasteiger partial charge in [0.05, 0.1) is 6.42 Å². The second-order valence-electron chi connectivity index (χ2n) is 4.11. The molecule has 1 amide bonds. The Labute approximate surface area is 104 Å². The van der Waals surface area contributed by atoms with Gasteiger partial charge in [-0.15, -0.1) is 0 Å². The maximum absolute atomic E-state index is 11.7. The van der Waals surface area contributed by atoms with Crippen molar-refractivity contribution >= 4 is 17.8 Å². The van der Waals surface area contributed by atoms with E-state index in [1.807, 2.05) is 30.3 Å². The molecular formula is C13H13NO4. The lowest BCUT2D eigenvalue weighted by atomic mass is 10.1. The SMILES string of the molecule is O=C(Cc1ccccc1)NC1CCC(=O)OC1=O. The quantitative estimate of drug-likeness (QED) is 0.626. The molecule has 1 aliphatic rings. The number of ether oxygens (including phenoxy) is 1. The summed E-state index contributed by atoms with van der Waals surface area (Å²) in [6.07, 6.45) is 0.665. The van der Waals surface area contributed by atoms with Crippen LogP contribution >= 0.6 is 0 Å². The van der Waals surface area contributed by atoms with Crippen LogP contribution in [0.15, 0.2) is 30.3 Å². The van der Waals surface area contributed by atoms with Gasteiger partial charge >= 0.3 is 11.9 Å². The van der Waals surface area contributed by atoms with E-state index < -0.39 is 18.0 Å². The normalized spacial score (nSPS) is 19.2. The lowest BCUT2D eigenvalue weighted by molar-refractivity contribution is -0.166. The van der Waals surface area contributed by atoms with Crippen LogP contribution in [0.25, 0.3) is 0 Å². The summed E-state index contributed by atoms with van der Waals surface area (Å²) in [5.41, 5.74) is 0.871. The number of cyclic esters (lactones) is 2. The molecule has 18 heavy (non-hydrogen) atoms. The minimum atomic E-state index is -0.709. The molecule has 1 aliphatic heterocycles. The summed E-state index contributed by atoms with van der Waals surface area (Å²) in [5.74, 6) is -1.46. The maximum Gasteiger partial charge on any atom is 0.336 e. The molecule has 5 nitrogen and oxygen atoms in total.